The summed E-state index contributed by atoms with van der Waals surface area (Å²) in [5, 5.41) is 13.2. The minimum absolute atomic E-state index is 0.353. The van der Waals surface area contributed by atoms with E-state index in [1.807, 2.05) is 30.3 Å². The maximum atomic E-state index is 9.17. The Bertz CT molecular complexity index is 597. The zero-order valence-corrected chi connectivity index (χ0v) is 10.8. The standard InChI is InChI=1S/C13H10Cl2N2O/c14-10-6-9(12(16)7-11(10)15)13(17-18)8-4-2-1-3-5-8/h1-7,18H,16H2. The van der Waals surface area contributed by atoms with Crippen molar-refractivity contribution in [3.63, 3.8) is 0 Å². The van der Waals surface area contributed by atoms with Crippen molar-refractivity contribution in [3.8, 4) is 0 Å². The number of benzene rings is 2. The van der Waals surface area contributed by atoms with E-state index >= 15 is 0 Å². The summed E-state index contributed by atoms with van der Waals surface area (Å²) >= 11 is 11.8. The third kappa shape index (κ3) is 2.42. The van der Waals surface area contributed by atoms with E-state index < -0.39 is 0 Å². The Hall–Kier alpha value is -1.71. The van der Waals surface area contributed by atoms with Crippen LogP contribution in [0.15, 0.2) is 47.6 Å². The van der Waals surface area contributed by atoms with Gasteiger partial charge in [0.15, 0.2) is 0 Å². The molecule has 92 valence electrons. The maximum absolute atomic E-state index is 9.17. The van der Waals surface area contributed by atoms with Gasteiger partial charge >= 0.3 is 0 Å². The highest BCUT2D eigenvalue weighted by molar-refractivity contribution is 6.42. The van der Waals surface area contributed by atoms with E-state index in [1.54, 1.807) is 6.07 Å². The first-order valence-electron chi connectivity index (χ1n) is 5.16. The predicted octanol–water partition coefficient (Wildman–Crippen LogP) is 3.80. The Kier molecular flexibility index (Phi) is 3.75. The molecule has 0 saturated heterocycles. The minimum atomic E-state index is 0.353. The molecule has 0 heterocycles. The zero-order valence-electron chi connectivity index (χ0n) is 9.27. The second kappa shape index (κ2) is 5.29. The second-order valence-electron chi connectivity index (χ2n) is 3.67. The van der Waals surface area contributed by atoms with Gasteiger partial charge in [-0.1, -0.05) is 58.7 Å². The number of nitrogens with two attached hydrogens (primary N) is 1. The van der Waals surface area contributed by atoms with Gasteiger partial charge in [-0.15, -0.1) is 0 Å². The molecular formula is C13H10Cl2N2O. The Morgan fingerprint density at radius 2 is 1.67 bits per heavy atom. The van der Waals surface area contributed by atoms with Gasteiger partial charge in [0.05, 0.1) is 10.0 Å². The molecule has 5 heteroatoms. The van der Waals surface area contributed by atoms with E-state index in [2.05, 4.69) is 5.16 Å². The summed E-state index contributed by atoms with van der Waals surface area (Å²) in [5.41, 5.74) is 7.91. The van der Waals surface area contributed by atoms with Crippen LogP contribution in [0.1, 0.15) is 11.1 Å². The highest BCUT2D eigenvalue weighted by Crippen LogP contribution is 2.29. The normalized spacial score (nSPS) is 11.6. The van der Waals surface area contributed by atoms with Crippen LogP contribution < -0.4 is 5.73 Å². The number of oxime groups is 1. The molecule has 2 aromatic rings. The largest absolute Gasteiger partial charge is 0.410 e. The molecule has 2 rings (SSSR count). The van der Waals surface area contributed by atoms with Crippen LogP contribution in [0.25, 0.3) is 0 Å². The molecule has 0 spiro atoms. The molecule has 0 aromatic heterocycles. The lowest BCUT2D eigenvalue weighted by Gasteiger charge is -2.09. The predicted molar refractivity (Wildman–Crippen MR) is 74.7 cm³/mol. The van der Waals surface area contributed by atoms with E-state index in [0.717, 1.165) is 5.56 Å². The molecule has 0 saturated carbocycles. The monoisotopic (exact) mass is 280 g/mol. The molecule has 3 nitrogen and oxygen atoms in total. The first-order chi connectivity index (χ1) is 8.63. The molecule has 0 amide bonds. The van der Waals surface area contributed by atoms with E-state index in [1.165, 1.54) is 6.07 Å². The molecule has 3 N–H and O–H groups in total. The molecule has 0 aliphatic heterocycles. The van der Waals surface area contributed by atoms with Crippen molar-refractivity contribution in [1.29, 1.82) is 0 Å². The van der Waals surface area contributed by atoms with Crippen molar-refractivity contribution >= 4 is 34.6 Å². The number of nitrogens with zero attached hydrogens (tertiary/aromatic N) is 1. The van der Waals surface area contributed by atoms with Crippen LogP contribution in [0.4, 0.5) is 5.69 Å². The molecule has 0 bridgehead atoms. The lowest BCUT2D eigenvalue weighted by molar-refractivity contribution is 0.319. The lowest BCUT2D eigenvalue weighted by atomic mass is 10.0. The summed E-state index contributed by atoms with van der Waals surface area (Å²) in [6.45, 7) is 0. The number of hydrogen-bond acceptors (Lipinski definition) is 3. The number of nitrogen functional groups attached to an aromatic ring is 1. The summed E-state index contributed by atoms with van der Waals surface area (Å²) in [6, 6.07) is 12.3. The number of rotatable bonds is 2. The van der Waals surface area contributed by atoms with Gasteiger partial charge in [-0.3, -0.25) is 0 Å². The van der Waals surface area contributed by atoms with Crippen molar-refractivity contribution < 1.29 is 5.21 Å². The van der Waals surface area contributed by atoms with Gasteiger partial charge in [-0.05, 0) is 12.1 Å². The van der Waals surface area contributed by atoms with E-state index in [4.69, 9.17) is 28.9 Å². The average molecular weight is 281 g/mol. The van der Waals surface area contributed by atoms with Gasteiger partial charge in [0.1, 0.15) is 5.71 Å². The van der Waals surface area contributed by atoms with E-state index in [0.29, 0.717) is 27.0 Å². The molecular weight excluding hydrogens is 271 g/mol. The summed E-state index contributed by atoms with van der Waals surface area (Å²) in [7, 11) is 0. The molecule has 0 radical (unpaired) electrons. The fourth-order valence-corrected chi connectivity index (χ4v) is 1.97. The smallest absolute Gasteiger partial charge is 0.119 e. The van der Waals surface area contributed by atoms with Gasteiger partial charge in [-0.25, -0.2) is 0 Å². The number of halogens is 2. The second-order valence-corrected chi connectivity index (χ2v) is 4.48. The van der Waals surface area contributed by atoms with Gasteiger partial charge in [0.2, 0.25) is 0 Å². The van der Waals surface area contributed by atoms with Crippen molar-refractivity contribution in [2.45, 2.75) is 0 Å². The zero-order chi connectivity index (χ0) is 13.1. The molecule has 0 atom stereocenters. The summed E-state index contributed by atoms with van der Waals surface area (Å²) < 4.78 is 0. The van der Waals surface area contributed by atoms with E-state index in [-0.39, 0.29) is 0 Å². The van der Waals surface area contributed by atoms with Crippen LogP contribution in [0.3, 0.4) is 0 Å². The highest BCUT2D eigenvalue weighted by Gasteiger charge is 2.13. The first kappa shape index (κ1) is 12.7. The summed E-state index contributed by atoms with van der Waals surface area (Å²) in [4.78, 5) is 0. The van der Waals surface area contributed by atoms with Crippen molar-refractivity contribution in [3.05, 3.63) is 63.6 Å². The van der Waals surface area contributed by atoms with Crippen LogP contribution in [-0.2, 0) is 0 Å². The van der Waals surface area contributed by atoms with Gasteiger partial charge in [-0.2, -0.15) is 0 Å². The van der Waals surface area contributed by atoms with Gasteiger partial charge in [0, 0.05) is 16.8 Å². The van der Waals surface area contributed by atoms with Gasteiger partial charge in [0.25, 0.3) is 0 Å². The van der Waals surface area contributed by atoms with Crippen LogP contribution in [-0.4, -0.2) is 10.9 Å². The number of hydrogen-bond donors (Lipinski definition) is 2. The van der Waals surface area contributed by atoms with Crippen molar-refractivity contribution in [2.24, 2.45) is 5.16 Å². The SMILES string of the molecule is Nc1cc(Cl)c(Cl)cc1C(=NO)c1ccccc1. The molecule has 0 unspecified atom stereocenters. The highest BCUT2D eigenvalue weighted by atomic mass is 35.5. The molecule has 0 aliphatic rings. The fourth-order valence-electron chi connectivity index (χ4n) is 1.63. The topological polar surface area (TPSA) is 58.6 Å². The van der Waals surface area contributed by atoms with Crippen LogP contribution >= 0.6 is 23.2 Å². The quantitative estimate of drug-likeness (QED) is 0.380. The summed E-state index contributed by atoms with van der Waals surface area (Å²) in [5.74, 6) is 0. The third-order valence-corrected chi connectivity index (χ3v) is 3.22. The van der Waals surface area contributed by atoms with Crippen LogP contribution in [0.5, 0.6) is 0 Å². The lowest BCUT2D eigenvalue weighted by Crippen LogP contribution is -2.07. The average Bonchev–Trinajstić information content (AvgIpc) is 2.38. The molecule has 0 aliphatic carbocycles. The van der Waals surface area contributed by atoms with Crippen LogP contribution in [0, 0.1) is 0 Å². The Morgan fingerprint density at radius 1 is 1.06 bits per heavy atom. The van der Waals surface area contributed by atoms with Crippen molar-refractivity contribution in [2.75, 3.05) is 5.73 Å². The van der Waals surface area contributed by atoms with Crippen molar-refractivity contribution in [1.82, 2.24) is 0 Å². The number of anilines is 1. The summed E-state index contributed by atoms with van der Waals surface area (Å²) in [6.07, 6.45) is 0. The fraction of sp³-hybridized carbons (Fsp3) is 0. The molecule has 18 heavy (non-hydrogen) atoms. The Labute approximate surface area is 114 Å². The maximum Gasteiger partial charge on any atom is 0.119 e. The first-order valence-corrected chi connectivity index (χ1v) is 5.91. The molecule has 0 fully saturated rings. The third-order valence-electron chi connectivity index (χ3n) is 2.49. The van der Waals surface area contributed by atoms with Gasteiger partial charge < -0.3 is 10.9 Å². The Balaban J connectivity index is 2.57. The Morgan fingerprint density at radius 3 is 2.28 bits per heavy atom. The molecule has 2 aromatic carbocycles. The van der Waals surface area contributed by atoms with Crippen LogP contribution in [0.2, 0.25) is 10.0 Å². The van der Waals surface area contributed by atoms with E-state index in [9.17, 15) is 5.21 Å². The minimum Gasteiger partial charge on any atom is -0.410 e.